The van der Waals surface area contributed by atoms with E-state index in [4.69, 9.17) is 4.74 Å². The van der Waals surface area contributed by atoms with Gasteiger partial charge in [-0.05, 0) is 29.7 Å². The van der Waals surface area contributed by atoms with Crippen LogP contribution in [0.4, 0.5) is 4.39 Å². The number of nitrogens with one attached hydrogen (secondary N) is 1. The van der Waals surface area contributed by atoms with Crippen LogP contribution in [0.1, 0.15) is 29.5 Å². The van der Waals surface area contributed by atoms with Gasteiger partial charge in [0.1, 0.15) is 5.82 Å². The lowest BCUT2D eigenvalue weighted by Gasteiger charge is -2.35. The van der Waals surface area contributed by atoms with Crippen LogP contribution in [-0.2, 0) is 11.8 Å². The van der Waals surface area contributed by atoms with Gasteiger partial charge in [0.25, 0.3) is 0 Å². The van der Waals surface area contributed by atoms with Crippen LogP contribution in [0.15, 0.2) is 41.7 Å². The SMILES string of the molecule is CN=C(NCC(c1ccc(F)cc1)N1CCOCC1)N1CCC(c2cnn(C)c2)C1.I. The van der Waals surface area contributed by atoms with Crippen molar-refractivity contribution >= 4 is 29.9 Å². The minimum Gasteiger partial charge on any atom is -0.379 e. The number of guanidine groups is 1. The molecule has 7 nitrogen and oxygen atoms in total. The molecule has 1 N–H and O–H groups in total. The quantitative estimate of drug-likeness (QED) is 0.358. The molecule has 0 radical (unpaired) electrons. The van der Waals surface area contributed by atoms with Gasteiger partial charge in [0.2, 0.25) is 0 Å². The number of morpholine rings is 1. The van der Waals surface area contributed by atoms with Crippen LogP contribution in [0.5, 0.6) is 0 Å². The van der Waals surface area contributed by atoms with E-state index in [9.17, 15) is 4.39 Å². The van der Waals surface area contributed by atoms with Crippen LogP contribution in [0, 0.1) is 5.82 Å². The number of likely N-dealkylation sites (tertiary alicyclic amines) is 1. The summed E-state index contributed by atoms with van der Waals surface area (Å²) in [6.07, 6.45) is 5.16. The molecule has 9 heteroatoms. The molecule has 2 atom stereocenters. The zero-order valence-electron chi connectivity index (χ0n) is 18.2. The van der Waals surface area contributed by atoms with Gasteiger partial charge in [0.05, 0.1) is 25.5 Å². The number of hydrogen-bond acceptors (Lipinski definition) is 4. The zero-order valence-corrected chi connectivity index (χ0v) is 20.5. The van der Waals surface area contributed by atoms with E-state index in [1.165, 1.54) is 17.7 Å². The fourth-order valence-corrected chi connectivity index (χ4v) is 4.43. The van der Waals surface area contributed by atoms with E-state index in [0.717, 1.165) is 57.3 Å². The maximum atomic E-state index is 13.5. The highest BCUT2D eigenvalue weighted by molar-refractivity contribution is 14.0. The van der Waals surface area contributed by atoms with Crippen molar-refractivity contribution in [2.75, 3.05) is 53.0 Å². The third-order valence-electron chi connectivity index (χ3n) is 6.09. The topological polar surface area (TPSA) is 57.9 Å². The summed E-state index contributed by atoms with van der Waals surface area (Å²) in [4.78, 5) is 9.26. The maximum Gasteiger partial charge on any atom is 0.193 e. The first-order valence-corrected chi connectivity index (χ1v) is 10.7. The Morgan fingerprint density at radius 2 is 2.00 bits per heavy atom. The number of hydrogen-bond donors (Lipinski definition) is 1. The summed E-state index contributed by atoms with van der Waals surface area (Å²) in [6.45, 7) is 5.81. The standard InChI is InChI=1S/C22H31FN6O.HI/c1-24-22(29-8-7-18(16-29)19-13-26-27(2)15-19)25-14-21(28-9-11-30-12-10-28)17-3-5-20(23)6-4-17;/h3-6,13,15,18,21H,7-12,14,16H2,1-2H3,(H,24,25);1H. The summed E-state index contributed by atoms with van der Waals surface area (Å²) in [5.41, 5.74) is 2.39. The number of rotatable bonds is 5. The van der Waals surface area contributed by atoms with E-state index in [2.05, 4.69) is 31.4 Å². The molecule has 4 rings (SSSR count). The van der Waals surface area contributed by atoms with Crippen molar-refractivity contribution < 1.29 is 9.13 Å². The molecular weight excluding hydrogens is 510 g/mol. The van der Waals surface area contributed by atoms with Gasteiger partial charge in [-0.3, -0.25) is 14.6 Å². The van der Waals surface area contributed by atoms with E-state index >= 15 is 0 Å². The number of aliphatic imine (C=N–C) groups is 1. The molecule has 2 fully saturated rings. The van der Waals surface area contributed by atoms with Gasteiger partial charge in [0, 0.05) is 58.9 Å². The monoisotopic (exact) mass is 542 g/mol. The number of aromatic nitrogens is 2. The zero-order chi connectivity index (χ0) is 20.9. The molecule has 2 saturated heterocycles. The van der Waals surface area contributed by atoms with Gasteiger partial charge in [-0.15, -0.1) is 24.0 Å². The lowest BCUT2D eigenvalue weighted by Crippen LogP contribution is -2.47. The minimum absolute atomic E-state index is 0. The Morgan fingerprint density at radius 3 is 2.65 bits per heavy atom. The molecule has 0 aliphatic carbocycles. The predicted molar refractivity (Wildman–Crippen MR) is 130 cm³/mol. The summed E-state index contributed by atoms with van der Waals surface area (Å²) in [7, 11) is 3.79. The van der Waals surface area contributed by atoms with Crippen LogP contribution in [0.25, 0.3) is 0 Å². The Balaban J connectivity index is 0.00000272. The molecule has 3 heterocycles. The van der Waals surface area contributed by atoms with Crippen LogP contribution < -0.4 is 5.32 Å². The Kier molecular flexibility index (Phi) is 8.67. The number of nitrogens with zero attached hydrogens (tertiary/aromatic N) is 5. The molecule has 170 valence electrons. The van der Waals surface area contributed by atoms with Gasteiger partial charge in [-0.25, -0.2) is 4.39 Å². The average molecular weight is 542 g/mol. The van der Waals surface area contributed by atoms with Crippen LogP contribution in [0.3, 0.4) is 0 Å². The average Bonchev–Trinajstić information content (AvgIpc) is 3.42. The fraction of sp³-hybridized carbons (Fsp3) is 0.545. The normalized spacial score (nSPS) is 21.1. The number of aryl methyl sites for hydroxylation is 1. The van der Waals surface area contributed by atoms with Crippen molar-refractivity contribution in [1.29, 1.82) is 0 Å². The minimum atomic E-state index is -0.207. The van der Waals surface area contributed by atoms with Crippen molar-refractivity contribution in [2.45, 2.75) is 18.4 Å². The van der Waals surface area contributed by atoms with Crippen LogP contribution in [-0.4, -0.2) is 78.5 Å². The van der Waals surface area contributed by atoms with Crippen LogP contribution >= 0.6 is 24.0 Å². The molecule has 2 aromatic rings. The smallest absolute Gasteiger partial charge is 0.193 e. The van der Waals surface area contributed by atoms with Gasteiger partial charge < -0.3 is 15.0 Å². The molecule has 0 amide bonds. The maximum absolute atomic E-state index is 13.5. The molecule has 2 aliphatic heterocycles. The van der Waals surface area contributed by atoms with Gasteiger partial charge in [0.15, 0.2) is 5.96 Å². The van der Waals surface area contributed by atoms with Gasteiger partial charge in [-0.2, -0.15) is 5.10 Å². The first-order valence-electron chi connectivity index (χ1n) is 10.7. The lowest BCUT2D eigenvalue weighted by molar-refractivity contribution is 0.0169. The van der Waals surface area contributed by atoms with E-state index in [1.807, 2.05) is 37.1 Å². The Bertz CT molecular complexity index is 852. The van der Waals surface area contributed by atoms with Crippen molar-refractivity contribution in [3.8, 4) is 0 Å². The second kappa shape index (κ2) is 11.2. The fourth-order valence-electron chi connectivity index (χ4n) is 4.43. The van der Waals surface area contributed by atoms with Crippen molar-refractivity contribution in [1.82, 2.24) is 24.9 Å². The first kappa shape index (κ1) is 23.9. The van der Waals surface area contributed by atoms with Crippen molar-refractivity contribution in [3.05, 3.63) is 53.6 Å². The molecule has 1 aromatic heterocycles. The van der Waals surface area contributed by atoms with Crippen molar-refractivity contribution in [3.63, 3.8) is 0 Å². The third kappa shape index (κ3) is 5.95. The Morgan fingerprint density at radius 1 is 1.26 bits per heavy atom. The van der Waals surface area contributed by atoms with E-state index in [1.54, 1.807) is 0 Å². The highest BCUT2D eigenvalue weighted by Crippen LogP contribution is 2.27. The third-order valence-corrected chi connectivity index (χ3v) is 6.09. The highest BCUT2D eigenvalue weighted by Gasteiger charge is 2.28. The first-order chi connectivity index (χ1) is 14.6. The van der Waals surface area contributed by atoms with Crippen molar-refractivity contribution in [2.24, 2.45) is 12.0 Å². The number of ether oxygens (including phenoxy) is 1. The summed E-state index contributed by atoms with van der Waals surface area (Å²) in [5.74, 6) is 1.19. The van der Waals surface area contributed by atoms with E-state index < -0.39 is 0 Å². The molecular formula is C22H32FIN6O. The van der Waals surface area contributed by atoms with Gasteiger partial charge >= 0.3 is 0 Å². The highest BCUT2D eigenvalue weighted by atomic mass is 127. The van der Waals surface area contributed by atoms with E-state index in [-0.39, 0.29) is 35.8 Å². The second-order valence-corrected chi connectivity index (χ2v) is 8.02. The van der Waals surface area contributed by atoms with E-state index in [0.29, 0.717) is 12.5 Å². The summed E-state index contributed by atoms with van der Waals surface area (Å²) in [5, 5.41) is 7.89. The summed E-state index contributed by atoms with van der Waals surface area (Å²) >= 11 is 0. The molecule has 0 saturated carbocycles. The van der Waals surface area contributed by atoms with Crippen LogP contribution in [0.2, 0.25) is 0 Å². The van der Waals surface area contributed by atoms with Gasteiger partial charge in [-0.1, -0.05) is 12.1 Å². The molecule has 2 unspecified atom stereocenters. The molecule has 0 spiro atoms. The largest absolute Gasteiger partial charge is 0.379 e. The summed E-state index contributed by atoms with van der Waals surface area (Å²) in [6, 6.07) is 6.98. The Hall–Kier alpha value is -1.72. The predicted octanol–water partition coefficient (Wildman–Crippen LogP) is 2.62. The molecule has 2 aliphatic rings. The lowest BCUT2D eigenvalue weighted by atomic mass is 10.0. The second-order valence-electron chi connectivity index (χ2n) is 8.02. The molecule has 0 bridgehead atoms. The molecule has 31 heavy (non-hydrogen) atoms. The summed E-state index contributed by atoms with van der Waals surface area (Å²) < 4.78 is 20.9. The Labute approximate surface area is 200 Å². The number of benzene rings is 1. The number of halogens is 2. The molecule has 1 aromatic carbocycles.